The van der Waals surface area contributed by atoms with Crippen LogP contribution in [-0.2, 0) is 0 Å². The Hall–Kier alpha value is -1.79. The molecular formula is C13H14ClN3O2S. The van der Waals surface area contributed by atoms with Crippen LogP contribution in [-0.4, -0.2) is 23.0 Å². The van der Waals surface area contributed by atoms with Gasteiger partial charge in [0.25, 0.3) is 0 Å². The van der Waals surface area contributed by atoms with E-state index in [-0.39, 0.29) is 0 Å². The number of nitrogens with one attached hydrogen (secondary N) is 1. The fraction of sp³-hybridized carbons (Fsp3) is 0.231. The zero-order valence-electron chi connectivity index (χ0n) is 11.3. The second-order valence-corrected chi connectivity index (χ2v) is 5.72. The predicted octanol–water partition coefficient (Wildman–Crippen LogP) is 4.06. The van der Waals surface area contributed by atoms with Gasteiger partial charge < -0.3 is 15.3 Å². The number of aromatic nitrogens is 1. The topological polar surface area (TPSA) is 66.7 Å². The molecule has 5 nitrogen and oxygen atoms in total. The summed E-state index contributed by atoms with van der Waals surface area (Å²) in [4.78, 5) is 5.36. The molecule has 0 aliphatic carbocycles. The van der Waals surface area contributed by atoms with Crippen LogP contribution >= 0.6 is 22.9 Å². The number of thiazole rings is 1. The molecule has 2 N–H and O–H groups in total. The molecule has 1 aromatic heterocycles. The molecule has 0 aliphatic rings. The SMILES string of the molecule is COc1ccc(Cl)cc1Nc1nc(/C(C)=N/O)c(C)s1. The molecule has 0 fully saturated rings. The van der Waals surface area contributed by atoms with Gasteiger partial charge in [-0.25, -0.2) is 4.98 Å². The molecule has 1 heterocycles. The lowest BCUT2D eigenvalue weighted by Gasteiger charge is -2.09. The second-order valence-electron chi connectivity index (χ2n) is 4.08. The van der Waals surface area contributed by atoms with Crippen molar-refractivity contribution in [2.24, 2.45) is 5.16 Å². The zero-order valence-corrected chi connectivity index (χ0v) is 12.8. The number of anilines is 2. The van der Waals surface area contributed by atoms with Gasteiger partial charge in [0.1, 0.15) is 17.2 Å². The maximum Gasteiger partial charge on any atom is 0.188 e. The Balaban J connectivity index is 2.33. The Bertz CT molecular complexity index is 655. The van der Waals surface area contributed by atoms with Crippen LogP contribution < -0.4 is 10.1 Å². The number of halogens is 1. The van der Waals surface area contributed by atoms with Crippen molar-refractivity contribution in [3.63, 3.8) is 0 Å². The quantitative estimate of drug-likeness (QED) is 0.508. The van der Waals surface area contributed by atoms with Crippen molar-refractivity contribution in [2.75, 3.05) is 12.4 Å². The summed E-state index contributed by atoms with van der Waals surface area (Å²) < 4.78 is 5.27. The third-order valence-corrected chi connectivity index (χ3v) is 3.81. The number of methoxy groups -OCH3 is 1. The summed E-state index contributed by atoms with van der Waals surface area (Å²) in [5.74, 6) is 0.677. The lowest BCUT2D eigenvalue weighted by atomic mass is 10.3. The average molecular weight is 312 g/mol. The first-order chi connectivity index (χ1) is 9.55. The summed E-state index contributed by atoms with van der Waals surface area (Å²) in [5.41, 5.74) is 1.88. The Morgan fingerprint density at radius 1 is 1.50 bits per heavy atom. The molecule has 0 radical (unpaired) electrons. The molecule has 0 saturated carbocycles. The van der Waals surface area contributed by atoms with Crippen molar-refractivity contribution in [1.29, 1.82) is 0 Å². The zero-order chi connectivity index (χ0) is 14.7. The highest BCUT2D eigenvalue weighted by Gasteiger charge is 2.12. The largest absolute Gasteiger partial charge is 0.495 e. The van der Waals surface area contributed by atoms with E-state index in [0.29, 0.717) is 27.3 Å². The lowest BCUT2D eigenvalue weighted by Crippen LogP contribution is -1.98. The maximum atomic E-state index is 8.82. The minimum Gasteiger partial charge on any atom is -0.495 e. The highest BCUT2D eigenvalue weighted by atomic mass is 35.5. The van der Waals surface area contributed by atoms with Gasteiger partial charge in [0.05, 0.1) is 12.8 Å². The third-order valence-electron chi connectivity index (χ3n) is 2.69. The first kappa shape index (κ1) is 14.6. The van der Waals surface area contributed by atoms with Crippen LogP contribution in [0.5, 0.6) is 5.75 Å². The molecule has 0 amide bonds. The van der Waals surface area contributed by atoms with Crippen LogP contribution in [0, 0.1) is 6.92 Å². The molecule has 0 atom stereocenters. The number of rotatable bonds is 4. The van der Waals surface area contributed by atoms with Gasteiger partial charge in [-0.2, -0.15) is 0 Å². The predicted molar refractivity (Wildman–Crippen MR) is 82.1 cm³/mol. The average Bonchev–Trinajstić information content (AvgIpc) is 2.79. The molecule has 2 aromatic rings. The van der Waals surface area contributed by atoms with E-state index in [1.54, 1.807) is 32.2 Å². The van der Waals surface area contributed by atoms with E-state index in [2.05, 4.69) is 15.5 Å². The van der Waals surface area contributed by atoms with Crippen LogP contribution in [0.25, 0.3) is 0 Å². The lowest BCUT2D eigenvalue weighted by molar-refractivity contribution is 0.319. The first-order valence-electron chi connectivity index (χ1n) is 5.82. The first-order valence-corrected chi connectivity index (χ1v) is 7.01. The smallest absolute Gasteiger partial charge is 0.188 e. The number of ether oxygens (including phenoxy) is 1. The monoisotopic (exact) mass is 311 g/mol. The van der Waals surface area contributed by atoms with Crippen molar-refractivity contribution >= 4 is 39.5 Å². The number of aryl methyl sites for hydroxylation is 1. The van der Waals surface area contributed by atoms with E-state index in [0.717, 1.165) is 10.6 Å². The highest BCUT2D eigenvalue weighted by molar-refractivity contribution is 7.15. The van der Waals surface area contributed by atoms with Crippen molar-refractivity contribution in [3.8, 4) is 5.75 Å². The molecule has 2 rings (SSSR count). The van der Waals surface area contributed by atoms with Crippen molar-refractivity contribution < 1.29 is 9.94 Å². The summed E-state index contributed by atoms with van der Waals surface area (Å²) in [6, 6.07) is 5.31. The number of benzene rings is 1. The summed E-state index contributed by atoms with van der Waals surface area (Å²) in [7, 11) is 1.59. The van der Waals surface area contributed by atoms with Crippen LogP contribution in [0.15, 0.2) is 23.4 Å². The molecule has 20 heavy (non-hydrogen) atoms. The van der Waals surface area contributed by atoms with Crippen molar-refractivity contribution in [1.82, 2.24) is 4.98 Å². The molecule has 0 aliphatic heterocycles. The summed E-state index contributed by atoms with van der Waals surface area (Å²) in [6.07, 6.45) is 0. The summed E-state index contributed by atoms with van der Waals surface area (Å²) in [6.45, 7) is 3.62. The molecule has 7 heteroatoms. The van der Waals surface area contributed by atoms with E-state index in [1.165, 1.54) is 11.3 Å². The van der Waals surface area contributed by atoms with E-state index < -0.39 is 0 Å². The van der Waals surface area contributed by atoms with Crippen LogP contribution in [0.3, 0.4) is 0 Å². The van der Waals surface area contributed by atoms with Gasteiger partial charge in [0, 0.05) is 9.90 Å². The fourth-order valence-corrected chi connectivity index (χ4v) is 2.78. The molecule has 1 aromatic carbocycles. The van der Waals surface area contributed by atoms with E-state index >= 15 is 0 Å². The van der Waals surface area contributed by atoms with Crippen LogP contribution in [0.1, 0.15) is 17.5 Å². The van der Waals surface area contributed by atoms with Gasteiger partial charge in [0.15, 0.2) is 5.13 Å². The minimum absolute atomic E-state index is 0.477. The second kappa shape index (κ2) is 6.11. The molecule has 0 spiro atoms. The Kier molecular flexibility index (Phi) is 4.46. The number of hydrogen-bond donors (Lipinski definition) is 2. The normalized spacial score (nSPS) is 11.5. The van der Waals surface area contributed by atoms with Gasteiger partial charge >= 0.3 is 0 Å². The van der Waals surface area contributed by atoms with Gasteiger partial charge in [-0.3, -0.25) is 0 Å². The number of hydrogen-bond acceptors (Lipinski definition) is 6. The third kappa shape index (κ3) is 3.02. The summed E-state index contributed by atoms with van der Waals surface area (Å²) in [5, 5.41) is 16.5. The van der Waals surface area contributed by atoms with Gasteiger partial charge in [0.2, 0.25) is 0 Å². The van der Waals surface area contributed by atoms with E-state index in [4.69, 9.17) is 21.5 Å². The Morgan fingerprint density at radius 3 is 2.90 bits per heavy atom. The highest BCUT2D eigenvalue weighted by Crippen LogP contribution is 2.32. The molecule has 0 bridgehead atoms. The Morgan fingerprint density at radius 2 is 2.25 bits per heavy atom. The number of nitrogens with zero attached hydrogens (tertiary/aromatic N) is 2. The molecule has 0 unspecified atom stereocenters. The van der Waals surface area contributed by atoms with Crippen LogP contribution in [0.2, 0.25) is 5.02 Å². The molecular weight excluding hydrogens is 298 g/mol. The number of oxime groups is 1. The van der Waals surface area contributed by atoms with Crippen molar-refractivity contribution in [3.05, 3.63) is 33.8 Å². The van der Waals surface area contributed by atoms with E-state index in [1.807, 2.05) is 6.92 Å². The summed E-state index contributed by atoms with van der Waals surface area (Å²) >= 11 is 7.45. The standard InChI is InChI=1S/C13H14ClN3O2S/c1-7(17-18)12-8(2)20-13(16-12)15-10-6-9(14)4-5-11(10)19-3/h4-6,18H,1-3H3,(H,15,16)/b17-7+. The van der Waals surface area contributed by atoms with E-state index in [9.17, 15) is 0 Å². The minimum atomic E-state index is 0.477. The maximum absolute atomic E-state index is 8.82. The van der Waals surface area contributed by atoms with Gasteiger partial charge in [-0.15, -0.1) is 11.3 Å². The van der Waals surface area contributed by atoms with Gasteiger partial charge in [-0.05, 0) is 32.0 Å². The Labute approximate surface area is 125 Å². The van der Waals surface area contributed by atoms with Gasteiger partial charge in [-0.1, -0.05) is 16.8 Å². The van der Waals surface area contributed by atoms with Crippen LogP contribution in [0.4, 0.5) is 10.8 Å². The fourth-order valence-electron chi connectivity index (χ4n) is 1.73. The molecule has 0 saturated heterocycles. The van der Waals surface area contributed by atoms with Crippen molar-refractivity contribution in [2.45, 2.75) is 13.8 Å². The molecule has 106 valence electrons.